The highest BCUT2D eigenvalue weighted by atomic mass is 32.2. The molecule has 22 heavy (non-hydrogen) atoms. The zero-order valence-corrected chi connectivity index (χ0v) is 14.4. The van der Waals surface area contributed by atoms with E-state index >= 15 is 0 Å². The highest BCUT2D eigenvalue weighted by Gasteiger charge is 2.33. The number of fused-ring (bicyclic) bond motifs is 1. The first-order valence-corrected chi connectivity index (χ1v) is 9.01. The van der Waals surface area contributed by atoms with E-state index in [1.54, 1.807) is 11.8 Å². The first-order chi connectivity index (χ1) is 10.5. The van der Waals surface area contributed by atoms with Crippen LogP contribution in [0.5, 0.6) is 0 Å². The second-order valence-corrected chi connectivity index (χ2v) is 7.58. The molecule has 0 saturated heterocycles. The van der Waals surface area contributed by atoms with Crippen molar-refractivity contribution in [3.05, 3.63) is 35.4 Å². The lowest BCUT2D eigenvalue weighted by molar-refractivity contribution is 0.225. The van der Waals surface area contributed by atoms with Crippen LogP contribution in [-0.2, 0) is 12.8 Å². The Morgan fingerprint density at radius 3 is 2.45 bits per heavy atom. The van der Waals surface area contributed by atoms with Crippen LogP contribution in [-0.4, -0.2) is 41.8 Å². The van der Waals surface area contributed by atoms with E-state index in [1.165, 1.54) is 11.1 Å². The molecular weight excluding hydrogens is 296 g/mol. The van der Waals surface area contributed by atoms with Gasteiger partial charge < -0.3 is 15.7 Å². The third-order valence-electron chi connectivity index (χ3n) is 4.43. The zero-order valence-electron chi connectivity index (χ0n) is 13.6. The van der Waals surface area contributed by atoms with Crippen LogP contribution in [0, 0.1) is 5.41 Å². The summed E-state index contributed by atoms with van der Waals surface area (Å²) in [5.74, 6) is 0. The van der Waals surface area contributed by atoms with Crippen molar-refractivity contribution in [3.63, 3.8) is 0 Å². The molecule has 5 heteroatoms. The predicted octanol–water partition coefficient (Wildman–Crippen LogP) is 2.20. The van der Waals surface area contributed by atoms with E-state index in [9.17, 15) is 9.90 Å². The maximum Gasteiger partial charge on any atom is 0.315 e. The Labute approximate surface area is 137 Å². The quantitative estimate of drug-likeness (QED) is 0.752. The monoisotopic (exact) mass is 322 g/mol. The van der Waals surface area contributed by atoms with Crippen LogP contribution in [0.1, 0.15) is 25.0 Å². The van der Waals surface area contributed by atoms with E-state index in [0.29, 0.717) is 6.54 Å². The molecule has 2 rings (SSSR count). The number of aliphatic hydroxyl groups excluding tert-OH is 1. The van der Waals surface area contributed by atoms with Gasteiger partial charge in [-0.1, -0.05) is 31.2 Å². The summed E-state index contributed by atoms with van der Waals surface area (Å²) < 4.78 is 0. The number of amides is 2. The highest BCUT2D eigenvalue weighted by Crippen LogP contribution is 2.35. The number of benzene rings is 1. The average Bonchev–Trinajstić information content (AvgIpc) is 2.83. The zero-order chi connectivity index (χ0) is 16.2. The fourth-order valence-corrected chi connectivity index (χ4v) is 3.72. The molecular formula is C17H26N2O2S. The van der Waals surface area contributed by atoms with Crippen LogP contribution >= 0.6 is 11.8 Å². The Hall–Kier alpha value is -1.20. The number of nitrogens with one attached hydrogen (secondary N) is 2. The van der Waals surface area contributed by atoms with Gasteiger partial charge in [-0.15, -0.1) is 0 Å². The van der Waals surface area contributed by atoms with Crippen LogP contribution in [0.2, 0.25) is 0 Å². The predicted molar refractivity (Wildman–Crippen MR) is 92.3 cm³/mol. The topological polar surface area (TPSA) is 61.4 Å². The van der Waals surface area contributed by atoms with Crippen molar-refractivity contribution in [2.45, 2.75) is 38.0 Å². The fraction of sp³-hybridized carbons (Fsp3) is 0.588. The molecule has 1 aliphatic carbocycles. The van der Waals surface area contributed by atoms with E-state index < -0.39 is 0 Å². The van der Waals surface area contributed by atoms with Gasteiger partial charge in [0.1, 0.15) is 0 Å². The summed E-state index contributed by atoms with van der Waals surface area (Å²) in [6.07, 6.45) is 3.94. The maximum absolute atomic E-state index is 12.0. The smallest absolute Gasteiger partial charge is 0.315 e. The van der Waals surface area contributed by atoms with Crippen molar-refractivity contribution in [3.8, 4) is 0 Å². The van der Waals surface area contributed by atoms with Crippen molar-refractivity contribution in [1.29, 1.82) is 0 Å². The van der Waals surface area contributed by atoms with Gasteiger partial charge in [-0.05, 0) is 42.6 Å². The third-order valence-corrected chi connectivity index (χ3v) is 5.59. The van der Waals surface area contributed by atoms with Crippen molar-refractivity contribution in [2.75, 3.05) is 19.4 Å². The molecule has 0 aromatic heterocycles. The number of thioether (sulfide) groups is 1. The molecule has 0 bridgehead atoms. The molecule has 0 fully saturated rings. The van der Waals surface area contributed by atoms with Crippen LogP contribution in [0.25, 0.3) is 0 Å². The fourth-order valence-electron chi connectivity index (χ4n) is 3.09. The van der Waals surface area contributed by atoms with E-state index in [1.807, 2.05) is 13.2 Å². The average molecular weight is 322 g/mol. The lowest BCUT2D eigenvalue weighted by Crippen LogP contribution is -2.48. The molecule has 0 heterocycles. The summed E-state index contributed by atoms with van der Waals surface area (Å²) in [6, 6.07) is 8.28. The number of urea groups is 1. The second kappa shape index (κ2) is 7.38. The number of carbonyl (C=O) groups is 1. The molecule has 1 aromatic carbocycles. The summed E-state index contributed by atoms with van der Waals surface area (Å²) in [5, 5.41) is 15.2. The molecule has 4 nitrogen and oxygen atoms in total. The summed E-state index contributed by atoms with van der Waals surface area (Å²) >= 11 is 1.56. The minimum Gasteiger partial charge on any atom is -0.395 e. The van der Waals surface area contributed by atoms with Crippen molar-refractivity contribution in [2.24, 2.45) is 5.41 Å². The number of hydrogen-bond donors (Lipinski definition) is 3. The minimum absolute atomic E-state index is 0.0251. The molecule has 0 spiro atoms. The van der Waals surface area contributed by atoms with Gasteiger partial charge in [0.05, 0.1) is 6.61 Å². The molecule has 2 atom stereocenters. The summed E-state index contributed by atoms with van der Waals surface area (Å²) in [7, 11) is 0. The van der Waals surface area contributed by atoms with Crippen molar-refractivity contribution in [1.82, 2.24) is 10.6 Å². The first kappa shape index (κ1) is 17.2. The van der Waals surface area contributed by atoms with Crippen LogP contribution in [0.4, 0.5) is 4.79 Å². The van der Waals surface area contributed by atoms with E-state index in [2.05, 4.69) is 41.8 Å². The Kier molecular flexibility index (Phi) is 5.75. The Morgan fingerprint density at radius 2 is 1.95 bits per heavy atom. The van der Waals surface area contributed by atoms with Crippen molar-refractivity contribution < 1.29 is 9.90 Å². The molecule has 1 aliphatic rings. The largest absolute Gasteiger partial charge is 0.395 e. The third kappa shape index (κ3) is 4.17. The van der Waals surface area contributed by atoms with Gasteiger partial charge in [0.25, 0.3) is 0 Å². The van der Waals surface area contributed by atoms with Crippen LogP contribution in [0.15, 0.2) is 24.3 Å². The normalized spacial score (nSPS) is 18.4. The minimum atomic E-state index is -0.155. The van der Waals surface area contributed by atoms with Gasteiger partial charge in [0, 0.05) is 17.8 Å². The Balaban J connectivity index is 1.82. The molecule has 3 N–H and O–H groups in total. The van der Waals surface area contributed by atoms with Gasteiger partial charge in [0.15, 0.2) is 0 Å². The number of aliphatic hydroxyl groups is 1. The SMILES string of the molecule is CSC(CO)C(C)NC(=O)NCC1(C)Cc2ccccc2C1. The molecule has 122 valence electrons. The second-order valence-electron chi connectivity index (χ2n) is 6.51. The first-order valence-electron chi connectivity index (χ1n) is 7.72. The summed E-state index contributed by atoms with van der Waals surface area (Å²) in [5.41, 5.74) is 2.87. The Bertz CT molecular complexity index is 492. The molecule has 2 amide bonds. The summed E-state index contributed by atoms with van der Waals surface area (Å²) in [4.78, 5) is 12.0. The molecule has 0 radical (unpaired) electrons. The van der Waals surface area contributed by atoms with Gasteiger partial charge in [0.2, 0.25) is 0 Å². The van der Waals surface area contributed by atoms with E-state index in [0.717, 1.165) is 12.8 Å². The Morgan fingerprint density at radius 1 is 1.36 bits per heavy atom. The highest BCUT2D eigenvalue weighted by molar-refractivity contribution is 7.99. The summed E-state index contributed by atoms with van der Waals surface area (Å²) in [6.45, 7) is 4.86. The number of rotatable bonds is 6. The van der Waals surface area contributed by atoms with Gasteiger partial charge >= 0.3 is 6.03 Å². The standard InChI is InChI=1S/C17H26N2O2S/c1-12(15(10-20)22-3)19-16(21)18-11-17(2)8-13-6-4-5-7-14(13)9-17/h4-7,12,15,20H,8-11H2,1-3H3,(H2,18,19,21). The molecule has 0 aliphatic heterocycles. The van der Waals surface area contributed by atoms with Gasteiger partial charge in [-0.3, -0.25) is 0 Å². The van der Waals surface area contributed by atoms with Gasteiger partial charge in [-0.25, -0.2) is 4.79 Å². The lowest BCUT2D eigenvalue weighted by atomic mass is 9.87. The lowest BCUT2D eigenvalue weighted by Gasteiger charge is -2.26. The van der Waals surface area contributed by atoms with Crippen LogP contribution < -0.4 is 10.6 Å². The number of carbonyl (C=O) groups excluding carboxylic acids is 1. The van der Waals surface area contributed by atoms with Crippen LogP contribution in [0.3, 0.4) is 0 Å². The number of hydrogen-bond acceptors (Lipinski definition) is 3. The van der Waals surface area contributed by atoms with Crippen molar-refractivity contribution >= 4 is 17.8 Å². The molecule has 2 unspecified atom stereocenters. The maximum atomic E-state index is 12.0. The van der Waals surface area contributed by atoms with E-state index in [4.69, 9.17) is 0 Å². The molecule has 0 saturated carbocycles. The molecule has 1 aromatic rings. The van der Waals surface area contributed by atoms with E-state index in [-0.39, 0.29) is 29.3 Å². The van der Waals surface area contributed by atoms with Gasteiger partial charge in [-0.2, -0.15) is 11.8 Å².